The van der Waals surface area contributed by atoms with E-state index >= 15 is 0 Å². The molecule has 0 saturated heterocycles. The molecule has 0 bridgehead atoms. The number of phenols is 1. The van der Waals surface area contributed by atoms with Crippen molar-refractivity contribution in [3.05, 3.63) is 57.9 Å². The Kier molecular flexibility index (Phi) is 5.02. The van der Waals surface area contributed by atoms with Gasteiger partial charge in [0, 0.05) is 35.8 Å². The largest absolute Gasteiger partial charge is 0.508 e. The Morgan fingerprint density at radius 2 is 1.81 bits per heavy atom. The van der Waals surface area contributed by atoms with Crippen LogP contribution in [-0.2, 0) is 13.0 Å². The number of rotatable bonds is 6. The number of hydrogen-bond donors (Lipinski definition) is 2. The number of aromatic hydroxyl groups is 1. The lowest BCUT2D eigenvalue weighted by Crippen LogP contribution is -2.06. The lowest BCUT2D eigenvalue weighted by atomic mass is 10.0. The molecule has 26 heavy (non-hydrogen) atoms. The number of phenolic OH excluding ortho intramolecular Hbond substituents is 1. The fourth-order valence-electron chi connectivity index (χ4n) is 2.88. The summed E-state index contributed by atoms with van der Waals surface area (Å²) in [4.78, 5) is 11.9. The zero-order chi connectivity index (χ0) is 18.7. The van der Waals surface area contributed by atoms with Crippen molar-refractivity contribution in [3.8, 4) is 17.2 Å². The summed E-state index contributed by atoms with van der Waals surface area (Å²) >= 11 is 0. The van der Waals surface area contributed by atoms with Gasteiger partial charge in [-0.3, -0.25) is 0 Å². The topological polar surface area (TPSA) is 80.9 Å². The summed E-state index contributed by atoms with van der Waals surface area (Å²) in [5.41, 5.74) is 2.35. The lowest BCUT2D eigenvalue weighted by molar-refractivity contribution is 0.355. The first-order valence-electron chi connectivity index (χ1n) is 8.30. The van der Waals surface area contributed by atoms with E-state index in [4.69, 9.17) is 13.9 Å². The van der Waals surface area contributed by atoms with Crippen LogP contribution in [0.5, 0.6) is 17.2 Å². The number of methoxy groups -OCH3 is 2. The number of hydrogen-bond acceptors (Lipinski definition) is 6. The van der Waals surface area contributed by atoms with Gasteiger partial charge in [-0.15, -0.1) is 0 Å². The Hall–Kier alpha value is -3.15. The van der Waals surface area contributed by atoms with Crippen LogP contribution in [0.2, 0.25) is 0 Å². The monoisotopic (exact) mass is 355 g/mol. The second kappa shape index (κ2) is 7.39. The Bertz CT molecular complexity index is 993. The second-order valence-corrected chi connectivity index (χ2v) is 5.84. The third-order valence-corrected chi connectivity index (χ3v) is 4.28. The minimum absolute atomic E-state index is 0.133. The third kappa shape index (κ3) is 3.44. The molecule has 0 aliphatic carbocycles. The molecule has 2 N–H and O–H groups in total. The van der Waals surface area contributed by atoms with E-state index in [1.54, 1.807) is 14.2 Å². The maximum atomic E-state index is 11.9. The average Bonchev–Trinajstić information content (AvgIpc) is 2.65. The highest BCUT2D eigenvalue weighted by atomic mass is 16.5. The van der Waals surface area contributed by atoms with Crippen LogP contribution in [0.25, 0.3) is 11.0 Å². The molecule has 0 fully saturated rings. The minimum atomic E-state index is -0.453. The van der Waals surface area contributed by atoms with E-state index in [1.165, 1.54) is 12.1 Å². The first-order valence-corrected chi connectivity index (χ1v) is 8.30. The van der Waals surface area contributed by atoms with Crippen LogP contribution < -0.4 is 20.4 Å². The van der Waals surface area contributed by atoms with Crippen LogP contribution in [0.4, 0.5) is 5.69 Å². The normalized spacial score (nSPS) is 10.7. The second-order valence-electron chi connectivity index (χ2n) is 5.84. The van der Waals surface area contributed by atoms with Crippen LogP contribution in [0.15, 0.2) is 45.6 Å². The van der Waals surface area contributed by atoms with Gasteiger partial charge in [-0.2, -0.15) is 0 Å². The lowest BCUT2D eigenvalue weighted by Gasteiger charge is -2.13. The van der Waals surface area contributed by atoms with Crippen molar-refractivity contribution in [2.24, 2.45) is 0 Å². The molecular weight excluding hydrogens is 334 g/mol. The highest BCUT2D eigenvalue weighted by Crippen LogP contribution is 2.31. The average molecular weight is 355 g/mol. The molecular formula is C20H21NO5. The maximum Gasteiger partial charge on any atom is 0.336 e. The predicted octanol–water partition coefficient (Wildman–Crippen LogP) is 3.69. The Labute approximate surface area is 151 Å². The van der Waals surface area contributed by atoms with Crippen molar-refractivity contribution in [1.82, 2.24) is 0 Å². The summed E-state index contributed by atoms with van der Waals surface area (Å²) in [7, 11) is 3.16. The fourth-order valence-corrected chi connectivity index (χ4v) is 2.88. The summed E-state index contributed by atoms with van der Waals surface area (Å²) in [6.07, 6.45) is 0.684. The van der Waals surface area contributed by atoms with Gasteiger partial charge in [-0.25, -0.2) is 4.79 Å². The zero-order valence-corrected chi connectivity index (χ0v) is 15.0. The summed E-state index contributed by atoms with van der Waals surface area (Å²) in [6, 6.07) is 10.3. The van der Waals surface area contributed by atoms with Crippen LogP contribution in [-0.4, -0.2) is 19.3 Å². The van der Waals surface area contributed by atoms with Crippen molar-refractivity contribution in [3.63, 3.8) is 0 Å². The van der Waals surface area contributed by atoms with E-state index in [9.17, 15) is 9.90 Å². The molecule has 0 amide bonds. The van der Waals surface area contributed by atoms with E-state index in [2.05, 4.69) is 5.32 Å². The van der Waals surface area contributed by atoms with Crippen molar-refractivity contribution in [1.29, 1.82) is 0 Å². The molecule has 0 spiro atoms. The number of benzene rings is 2. The Morgan fingerprint density at radius 3 is 2.50 bits per heavy atom. The number of nitrogens with one attached hydrogen (secondary N) is 1. The van der Waals surface area contributed by atoms with Gasteiger partial charge in [0.1, 0.15) is 11.3 Å². The predicted molar refractivity (Wildman–Crippen MR) is 100 cm³/mol. The Balaban J connectivity index is 1.95. The van der Waals surface area contributed by atoms with Gasteiger partial charge in [0.05, 0.1) is 14.2 Å². The fraction of sp³-hybridized carbons (Fsp3) is 0.250. The first kappa shape index (κ1) is 17.7. The van der Waals surface area contributed by atoms with Crippen LogP contribution >= 0.6 is 0 Å². The summed E-state index contributed by atoms with van der Waals surface area (Å²) in [5.74, 6) is 1.40. The molecule has 0 unspecified atom stereocenters. The third-order valence-electron chi connectivity index (χ3n) is 4.28. The number of aryl methyl sites for hydroxylation is 1. The van der Waals surface area contributed by atoms with Crippen molar-refractivity contribution in [2.75, 3.05) is 19.5 Å². The number of anilines is 1. The van der Waals surface area contributed by atoms with Gasteiger partial charge >= 0.3 is 5.63 Å². The quantitative estimate of drug-likeness (QED) is 0.657. The number of ether oxygens (including phenoxy) is 2. The van der Waals surface area contributed by atoms with E-state index in [-0.39, 0.29) is 5.75 Å². The Morgan fingerprint density at radius 1 is 1.04 bits per heavy atom. The van der Waals surface area contributed by atoms with E-state index in [0.717, 1.165) is 22.2 Å². The molecule has 6 nitrogen and oxygen atoms in total. The van der Waals surface area contributed by atoms with Gasteiger partial charge in [-0.1, -0.05) is 6.92 Å². The van der Waals surface area contributed by atoms with Gasteiger partial charge in [0.25, 0.3) is 0 Å². The van der Waals surface area contributed by atoms with Gasteiger partial charge in [0.15, 0.2) is 11.5 Å². The SMILES string of the molecule is CCc1cc2c(CNc3ccc(OC)c(OC)c3)cc(=O)oc2cc1O. The van der Waals surface area contributed by atoms with E-state index in [0.29, 0.717) is 30.0 Å². The highest BCUT2D eigenvalue weighted by Gasteiger charge is 2.11. The van der Waals surface area contributed by atoms with Crippen molar-refractivity contribution < 1.29 is 19.0 Å². The summed E-state index contributed by atoms with van der Waals surface area (Å²) in [5, 5.41) is 14.1. The molecule has 0 saturated carbocycles. The highest BCUT2D eigenvalue weighted by molar-refractivity contribution is 5.83. The molecule has 1 aromatic heterocycles. The van der Waals surface area contributed by atoms with Crippen LogP contribution in [0, 0.1) is 0 Å². The number of fused-ring (bicyclic) bond motifs is 1. The van der Waals surface area contributed by atoms with Gasteiger partial charge in [-0.05, 0) is 35.7 Å². The summed E-state index contributed by atoms with van der Waals surface area (Å²) < 4.78 is 15.8. The van der Waals surface area contributed by atoms with Crippen LogP contribution in [0.3, 0.4) is 0 Å². The van der Waals surface area contributed by atoms with Crippen molar-refractivity contribution in [2.45, 2.75) is 19.9 Å². The molecule has 3 aromatic rings. The molecule has 0 atom stereocenters. The standard InChI is InChI=1S/C20H21NO5/c1-4-12-7-15-13(8-20(23)26-18(15)10-16(12)22)11-21-14-5-6-17(24-2)19(9-14)25-3/h5-10,21-22H,4,11H2,1-3H3. The smallest absolute Gasteiger partial charge is 0.336 e. The molecule has 2 aromatic carbocycles. The first-order chi connectivity index (χ1) is 12.5. The molecule has 0 aliphatic heterocycles. The van der Waals surface area contributed by atoms with E-state index in [1.807, 2.05) is 31.2 Å². The molecule has 3 rings (SSSR count). The maximum absolute atomic E-state index is 11.9. The minimum Gasteiger partial charge on any atom is -0.508 e. The van der Waals surface area contributed by atoms with Gasteiger partial charge in [0.2, 0.25) is 0 Å². The molecule has 6 heteroatoms. The molecule has 0 radical (unpaired) electrons. The summed E-state index contributed by atoms with van der Waals surface area (Å²) in [6.45, 7) is 2.38. The zero-order valence-electron chi connectivity index (χ0n) is 15.0. The molecule has 1 heterocycles. The van der Waals surface area contributed by atoms with Crippen LogP contribution in [0.1, 0.15) is 18.1 Å². The van der Waals surface area contributed by atoms with Gasteiger partial charge < -0.3 is 24.3 Å². The van der Waals surface area contributed by atoms with E-state index < -0.39 is 5.63 Å². The molecule has 0 aliphatic rings. The molecule has 136 valence electrons. The van der Waals surface area contributed by atoms with Crippen molar-refractivity contribution >= 4 is 16.7 Å².